The fourth-order valence-electron chi connectivity index (χ4n) is 2.19. The largest absolute Gasteiger partial charge is 0.366 e. The van der Waals surface area contributed by atoms with Gasteiger partial charge in [-0.05, 0) is 36.8 Å². The van der Waals surface area contributed by atoms with Gasteiger partial charge in [0.1, 0.15) is 0 Å². The van der Waals surface area contributed by atoms with Crippen molar-refractivity contribution in [3.63, 3.8) is 0 Å². The van der Waals surface area contributed by atoms with E-state index >= 15 is 0 Å². The molecule has 2 rings (SSSR count). The molecular weight excluding hydrogens is 300 g/mol. The second kappa shape index (κ2) is 6.22. The predicted octanol–water partition coefficient (Wildman–Crippen LogP) is 3.89. The fraction of sp³-hybridized carbons (Fsp3) is 0.250. The number of nitrogens with zero attached hydrogens (tertiary/aromatic N) is 1. The SMILES string of the molecule is Cc1ccc(N(C)C(CN)c2cccc(Br)c2)cc1. The maximum atomic E-state index is 5.97. The molecular formula is C16H19BrN2. The number of halogens is 1. The van der Waals surface area contributed by atoms with E-state index in [0.29, 0.717) is 6.54 Å². The molecule has 0 aromatic heterocycles. The van der Waals surface area contributed by atoms with Crippen molar-refractivity contribution in [2.45, 2.75) is 13.0 Å². The van der Waals surface area contributed by atoms with Crippen molar-refractivity contribution in [2.24, 2.45) is 5.73 Å². The molecule has 0 saturated heterocycles. The van der Waals surface area contributed by atoms with Gasteiger partial charge in [-0.25, -0.2) is 0 Å². The van der Waals surface area contributed by atoms with Gasteiger partial charge in [-0.15, -0.1) is 0 Å². The Morgan fingerprint density at radius 2 is 1.84 bits per heavy atom. The van der Waals surface area contributed by atoms with Crippen molar-refractivity contribution in [3.05, 3.63) is 64.1 Å². The molecule has 1 atom stereocenters. The summed E-state index contributed by atoms with van der Waals surface area (Å²) in [6.45, 7) is 2.68. The molecule has 2 N–H and O–H groups in total. The zero-order valence-electron chi connectivity index (χ0n) is 11.3. The Morgan fingerprint density at radius 1 is 1.16 bits per heavy atom. The quantitative estimate of drug-likeness (QED) is 0.926. The van der Waals surface area contributed by atoms with Crippen LogP contribution in [0.25, 0.3) is 0 Å². The Labute approximate surface area is 123 Å². The lowest BCUT2D eigenvalue weighted by Crippen LogP contribution is -2.30. The lowest BCUT2D eigenvalue weighted by atomic mass is 10.0. The summed E-state index contributed by atoms with van der Waals surface area (Å²) in [5.74, 6) is 0. The Morgan fingerprint density at radius 3 is 2.42 bits per heavy atom. The van der Waals surface area contributed by atoms with E-state index in [1.54, 1.807) is 0 Å². The van der Waals surface area contributed by atoms with Gasteiger partial charge in [0.05, 0.1) is 6.04 Å². The highest BCUT2D eigenvalue weighted by atomic mass is 79.9. The first-order chi connectivity index (χ1) is 9.11. The average Bonchev–Trinajstić information content (AvgIpc) is 2.40. The summed E-state index contributed by atoms with van der Waals surface area (Å²) >= 11 is 3.52. The molecule has 3 heteroatoms. The Hall–Kier alpha value is -1.32. The normalized spacial score (nSPS) is 12.2. The highest BCUT2D eigenvalue weighted by molar-refractivity contribution is 9.10. The summed E-state index contributed by atoms with van der Waals surface area (Å²) in [6, 6.07) is 17.0. The van der Waals surface area contributed by atoms with Crippen molar-refractivity contribution in [1.82, 2.24) is 0 Å². The third-order valence-electron chi connectivity index (χ3n) is 3.37. The number of hydrogen-bond acceptors (Lipinski definition) is 2. The smallest absolute Gasteiger partial charge is 0.0661 e. The van der Waals surface area contributed by atoms with Crippen LogP contribution in [0.3, 0.4) is 0 Å². The molecule has 0 radical (unpaired) electrons. The van der Waals surface area contributed by atoms with Crippen molar-refractivity contribution >= 4 is 21.6 Å². The summed E-state index contributed by atoms with van der Waals surface area (Å²) in [6.07, 6.45) is 0. The Kier molecular flexibility index (Phi) is 4.61. The van der Waals surface area contributed by atoms with Gasteiger partial charge in [0, 0.05) is 23.8 Å². The van der Waals surface area contributed by atoms with Crippen LogP contribution >= 0.6 is 15.9 Å². The van der Waals surface area contributed by atoms with Gasteiger partial charge in [-0.2, -0.15) is 0 Å². The number of nitrogens with two attached hydrogens (primary N) is 1. The second-order valence-corrected chi connectivity index (χ2v) is 5.67. The first-order valence-electron chi connectivity index (χ1n) is 6.37. The van der Waals surface area contributed by atoms with E-state index in [4.69, 9.17) is 5.73 Å². The number of hydrogen-bond donors (Lipinski definition) is 1. The molecule has 2 aromatic rings. The van der Waals surface area contributed by atoms with Crippen molar-refractivity contribution in [3.8, 4) is 0 Å². The zero-order chi connectivity index (χ0) is 13.8. The van der Waals surface area contributed by atoms with Crippen molar-refractivity contribution < 1.29 is 0 Å². The minimum absolute atomic E-state index is 0.181. The number of rotatable bonds is 4. The first-order valence-corrected chi connectivity index (χ1v) is 7.16. The summed E-state index contributed by atoms with van der Waals surface area (Å²) < 4.78 is 1.08. The van der Waals surface area contributed by atoms with Gasteiger partial charge < -0.3 is 10.6 Å². The highest BCUT2D eigenvalue weighted by Crippen LogP contribution is 2.26. The van der Waals surface area contributed by atoms with Crippen molar-refractivity contribution in [1.29, 1.82) is 0 Å². The average molecular weight is 319 g/mol. The van der Waals surface area contributed by atoms with Crippen LogP contribution in [0.2, 0.25) is 0 Å². The van der Waals surface area contributed by atoms with E-state index in [1.165, 1.54) is 16.8 Å². The summed E-state index contributed by atoms with van der Waals surface area (Å²) in [4.78, 5) is 2.22. The zero-order valence-corrected chi connectivity index (χ0v) is 12.9. The maximum absolute atomic E-state index is 5.97. The third-order valence-corrected chi connectivity index (χ3v) is 3.86. The number of benzene rings is 2. The van der Waals surface area contributed by atoms with Crippen LogP contribution in [-0.4, -0.2) is 13.6 Å². The molecule has 0 aliphatic rings. The standard InChI is InChI=1S/C16H19BrN2/c1-12-6-8-15(9-7-12)19(2)16(11-18)13-4-3-5-14(17)10-13/h3-10,16H,11,18H2,1-2H3. The van der Waals surface area contributed by atoms with Crippen LogP contribution in [0.5, 0.6) is 0 Å². The molecule has 0 aliphatic carbocycles. The van der Waals surface area contributed by atoms with Crippen LogP contribution in [-0.2, 0) is 0 Å². The molecule has 0 saturated carbocycles. The maximum Gasteiger partial charge on any atom is 0.0661 e. The molecule has 0 heterocycles. The lowest BCUT2D eigenvalue weighted by molar-refractivity contribution is 0.680. The van der Waals surface area contributed by atoms with E-state index < -0.39 is 0 Å². The summed E-state index contributed by atoms with van der Waals surface area (Å²) in [5, 5.41) is 0. The lowest BCUT2D eigenvalue weighted by Gasteiger charge is -2.29. The minimum atomic E-state index is 0.181. The Bertz CT molecular complexity index is 537. The topological polar surface area (TPSA) is 29.3 Å². The number of anilines is 1. The van der Waals surface area contributed by atoms with Gasteiger partial charge >= 0.3 is 0 Å². The second-order valence-electron chi connectivity index (χ2n) is 4.75. The molecule has 0 spiro atoms. The van der Waals surface area contributed by atoms with Crippen LogP contribution in [0, 0.1) is 6.92 Å². The van der Waals surface area contributed by atoms with Gasteiger partial charge in [-0.1, -0.05) is 45.8 Å². The van der Waals surface area contributed by atoms with E-state index in [1.807, 2.05) is 12.1 Å². The van der Waals surface area contributed by atoms with Crippen LogP contribution in [0.15, 0.2) is 53.0 Å². The molecule has 2 aromatic carbocycles. The molecule has 19 heavy (non-hydrogen) atoms. The molecule has 1 unspecified atom stereocenters. The van der Waals surface area contributed by atoms with Gasteiger partial charge in [0.15, 0.2) is 0 Å². The van der Waals surface area contributed by atoms with Gasteiger partial charge in [0.25, 0.3) is 0 Å². The number of likely N-dealkylation sites (N-methyl/N-ethyl adjacent to an activating group) is 1. The number of aryl methyl sites for hydroxylation is 1. The van der Waals surface area contributed by atoms with E-state index in [9.17, 15) is 0 Å². The predicted molar refractivity (Wildman–Crippen MR) is 85.5 cm³/mol. The highest BCUT2D eigenvalue weighted by Gasteiger charge is 2.16. The van der Waals surface area contributed by atoms with Crippen LogP contribution in [0.4, 0.5) is 5.69 Å². The summed E-state index contributed by atoms with van der Waals surface area (Å²) in [7, 11) is 2.09. The van der Waals surface area contributed by atoms with E-state index in [-0.39, 0.29) is 6.04 Å². The fourth-order valence-corrected chi connectivity index (χ4v) is 2.61. The molecule has 0 fully saturated rings. The van der Waals surface area contributed by atoms with Gasteiger partial charge in [-0.3, -0.25) is 0 Å². The van der Waals surface area contributed by atoms with E-state index in [0.717, 1.165) is 4.47 Å². The van der Waals surface area contributed by atoms with Gasteiger partial charge in [0.2, 0.25) is 0 Å². The van der Waals surface area contributed by atoms with Crippen molar-refractivity contribution in [2.75, 3.05) is 18.5 Å². The minimum Gasteiger partial charge on any atom is -0.366 e. The molecule has 0 amide bonds. The van der Waals surface area contributed by atoms with E-state index in [2.05, 4.69) is 71.2 Å². The molecule has 0 aliphatic heterocycles. The Balaban J connectivity index is 2.28. The molecule has 100 valence electrons. The molecule has 2 nitrogen and oxygen atoms in total. The monoisotopic (exact) mass is 318 g/mol. The molecule has 0 bridgehead atoms. The first kappa shape index (κ1) is 14.1. The summed E-state index contributed by atoms with van der Waals surface area (Å²) in [5.41, 5.74) is 9.64. The van der Waals surface area contributed by atoms with Crippen LogP contribution < -0.4 is 10.6 Å². The van der Waals surface area contributed by atoms with Crippen LogP contribution in [0.1, 0.15) is 17.2 Å². The third kappa shape index (κ3) is 3.37.